The van der Waals surface area contributed by atoms with Crippen LogP contribution in [0.2, 0.25) is 0 Å². The number of benzene rings is 1. The molecule has 0 spiro atoms. The maximum Gasteiger partial charge on any atom is 0.235 e. The van der Waals surface area contributed by atoms with E-state index in [9.17, 15) is 9.59 Å². The van der Waals surface area contributed by atoms with Gasteiger partial charge in [0.05, 0.1) is 28.8 Å². The Hall–Kier alpha value is -2.21. The van der Waals surface area contributed by atoms with Gasteiger partial charge in [-0.1, -0.05) is 17.7 Å². The first-order chi connectivity index (χ1) is 10.9. The van der Waals surface area contributed by atoms with E-state index in [1.165, 1.54) is 10.5 Å². The maximum atomic E-state index is 12.6. The Morgan fingerprint density at radius 2 is 1.78 bits per heavy atom. The highest BCUT2D eigenvalue weighted by atomic mass is 16.2. The molecule has 2 amide bonds. The van der Waals surface area contributed by atoms with Gasteiger partial charge in [0.15, 0.2) is 0 Å². The first kappa shape index (κ1) is 14.4. The summed E-state index contributed by atoms with van der Waals surface area (Å²) in [5.41, 5.74) is 2.48. The summed E-state index contributed by atoms with van der Waals surface area (Å²) in [6.07, 6.45) is 0. The summed E-state index contributed by atoms with van der Waals surface area (Å²) in [7, 11) is 1.58. The highest BCUT2D eigenvalue weighted by Crippen LogP contribution is 2.49. The Balaban J connectivity index is 1.77. The molecular formula is C17H20N4O2. The summed E-state index contributed by atoms with van der Waals surface area (Å²) in [4.78, 5) is 26.2. The molecular weight excluding hydrogens is 292 g/mol. The van der Waals surface area contributed by atoms with Gasteiger partial charge < -0.3 is 0 Å². The van der Waals surface area contributed by atoms with Crippen molar-refractivity contribution >= 4 is 23.2 Å². The lowest BCUT2D eigenvalue weighted by molar-refractivity contribution is -0.139. The molecule has 0 N–H and O–H groups in total. The molecule has 4 rings (SSSR count). The van der Waals surface area contributed by atoms with E-state index in [1.807, 2.05) is 50.2 Å². The average molecular weight is 312 g/mol. The molecule has 6 heteroatoms. The lowest BCUT2D eigenvalue weighted by atomic mass is 9.80. The van der Waals surface area contributed by atoms with Crippen molar-refractivity contribution in [3.05, 3.63) is 29.8 Å². The summed E-state index contributed by atoms with van der Waals surface area (Å²) in [5.74, 6) is -0.798. The number of hydrogen-bond acceptors (Lipinski definition) is 5. The van der Waals surface area contributed by atoms with Gasteiger partial charge in [-0.15, -0.1) is 0 Å². The van der Waals surface area contributed by atoms with Crippen molar-refractivity contribution in [2.75, 3.05) is 18.7 Å². The van der Waals surface area contributed by atoms with Crippen molar-refractivity contribution in [2.24, 2.45) is 16.9 Å². The zero-order chi connectivity index (χ0) is 16.5. The van der Waals surface area contributed by atoms with Crippen LogP contribution in [0.25, 0.3) is 0 Å². The van der Waals surface area contributed by atoms with E-state index in [-0.39, 0.29) is 23.7 Å². The quantitative estimate of drug-likeness (QED) is 0.736. The van der Waals surface area contributed by atoms with Crippen molar-refractivity contribution in [3.8, 4) is 0 Å². The minimum absolute atomic E-state index is 0.0766. The van der Waals surface area contributed by atoms with Crippen LogP contribution >= 0.6 is 0 Å². The molecule has 1 aromatic rings. The van der Waals surface area contributed by atoms with Crippen LogP contribution in [0.15, 0.2) is 29.4 Å². The molecule has 2 saturated heterocycles. The second-order valence-electron chi connectivity index (χ2n) is 6.86. The van der Waals surface area contributed by atoms with Crippen LogP contribution in [0.3, 0.4) is 0 Å². The number of likely N-dealkylation sites (tertiary alicyclic amines) is 1. The Morgan fingerprint density at radius 1 is 1.13 bits per heavy atom. The lowest BCUT2D eigenvalue weighted by Crippen LogP contribution is -2.53. The van der Waals surface area contributed by atoms with Gasteiger partial charge in [0.2, 0.25) is 11.8 Å². The highest BCUT2D eigenvalue weighted by molar-refractivity contribution is 6.11. The van der Waals surface area contributed by atoms with Crippen LogP contribution in [-0.4, -0.2) is 46.6 Å². The van der Waals surface area contributed by atoms with Gasteiger partial charge in [-0.2, -0.15) is 15.2 Å². The van der Waals surface area contributed by atoms with Crippen molar-refractivity contribution in [1.29, 1.82) is 0 Å². The maximum absolute atomic E-state index is 12.6. The third-order valence-corrected chi connectivity index (χ3v) is 5.63. The number of carbonyl (C=O) groups excluding carboxylic acids is 2. The monoisotopic (exact) mass is 312 g/mol. The Labute approximate surface area is 135 Å². The fourth-order valence-electron chi connectivity index (χ4n) is 4.09. The van der Waals surface area contributed by atoms with Crippen LogP contribution in [0, 0.1) is 18.8 Å². The number of rotatable bonds is 1. The van der Waals surface area contributed by atoms with Crippen molar-refractivity contribution in [3.63, 3.8) is 0 Å². The molecule has 3 atom stereocenters. The summed E-state index contributed by atoms with van der Waals surface area (Å²) in [6.45, 7) is 6.53. The number of carbonyl (C=O) groups is 2. The van der Waals surface area contributed by atoms with Crippen LogP contribution in [-0.2, 0) is 9.59 Å². The molecule has 0 aromatic heterocycles. The molecule has 1 aromatic carbocycles. The molecule has 0 radical (unpaired) electrons. The van der Waals surface area contributed by atoms with Gasteiger partial charge >= 0.3 is 0 Å². The van der Waals surface area contributed by atoms with E-state index >= 15 is 0 Å². The minimum atomic E-state index is -0.535. The predicted molar refractivity (Wildman–Crippen MR) is 86.6 cm³/mol. The zero-order valence-electron chi connectivity index (χ0n) is 13.8. The number of hydrogen-bond donors (Lipinski definition) is 0. The molecule has 0 unspecified atom stereocenters. The van der Waals surface area contributed by atoms with Gasteiger partial charge in [0, 0.05) is 13.6 Å². The zero-order valence-corrected chi connectivity index (χ0v) is 13.8. The highest BCUT2D eigenvalue weighted by Gasteiger charge is 2.66. The molecule has 6 nitrogen and oxygen atoms in total. The van der Waals surface area contributed by atoms with Crippen molar-refractivity contribution in [2.45, 2.75) is 26.3 Å². The van der Waals surface area contributed by atoms with E-state index < -0.39 is 5.54 Å². The molecule has 0 bridgehead atoms. The van der Waals surface area contributed by atoms with E-state index in [1.54, 1.807) is 7.05 Å². The molecule has 0 saturated carbocycles. The molecule has 3 aliphatic rings. The van der Waals surface area contributed by atoms with E-state index in [0.29, 0.717) is 6.54 Å². The van der Waals surface area contributed by atoms with Crippen molar-refractivity contribution in [1.82, 2.24) is 9.91 Å². The second kappa shape index (κ2) is 4.41. The number of anilines is 1. The number of aryl methyl sites for hydroxylation is 1. The summed E-state index contributed by atoms with van der Waals surface area (Å²) < 4.78 is 0. The van der Waals surface area contributed by atoms with Crippen LogP contribution in [0.5, 0.6) is 0 Å². The fraction of sp³-hybridized carbons (Fsp3) is 0.471. The number of fused-ring (bicyclic) bond motifs is 3. The number of hydrazone groups is 1. The van der Waals surface area contributed by atoms with Crippen LogP contribution in [0.1, 0.15) is 19.4 Å². The standard InChI is InChI=1S/C17H20N4O2/c1-10-5-7-12(8-6-10)21-18-11(2)17(3)14-13(9-20(17)21)15(22)19(4)16(14)23/h5-8,13-14H,9H2,1-4H3/t13-,14+,17+/m1/s1. The smallest absolute Gasteiger partial charge is 0.235 e. The minimum Gasteiger partial charge on any atom is -0.285 e. The van der Waals surface area contributed by atoms with Gasteiger partial charge in [0.1, 0.15) is 0 Å². The Kier molecular flexibility index (Phi) is 2.76. The SMILES string of the molecule is CC1=NN(c2ccc(C)cc2)N2C[C@H]3C(=O)N(C)C(=O)[C@H]3[C@]12C. The summed E-state index contributed by atoms with van der Waals surface area (Å²) >= 11 is 0. The summed E-state index contributed by atoms with van der Waals surface area (Å²) in [6, 6.07) is 8.11. The van der Waals surface area contributed by atoms with E-state index in [0.717, 1.165) is 11.4 Å². The van der Waals surface area contributed by atoms with E-state index in [4.69, 9.17) is 0 Å². The van der Waals surface area contributed by atoms with Crippen LogP contribution in [0.4, 0.5) is 5.69 Å². The lowest BCUT2D eigenvalue weighted by Gasteiger charge is -2.35. The topological polar surface area (TPSA) is 56.2 Å². The first-order valence-electron chi connectivity index (χ1n) is 7.87. The van der Waals surface area contributed by atoms with Crippen molar-refractivity contribution < 1.29 is 9.59 Å². The summed E-state index contributed by atoms with van der Waals surface area (Å²) in [5, 5.41) is 8.61. The number of nitrogens with zero attached hydrogens (tertiary/aromatic N) is 4. The first-order valence-corrected chi connectivity index (χ1v) is 7.87. The largest absolute Gasteiger partial charge is 0.285 e. The molecule has 3 aliphatic heterocycles. The molecule has 3 heterocycles. The van der Waals surface area contributed by atoms with Crippen LogP contribution < -0.4 is 5.12 Å². The molecule has 2 fully saturated rings. The number of hydrazine groups is 1. The molecule has 120 valence electrons. The normalized spacial score (nSPS) is 33.3. The number of amides is 2. The Bertz CT molecular complexity index is 741. The number of imide groups is 1. The van der Waals surface area contributed by atoms with Gasteiger partial charge in [-0.25, -0.2) is 0 Å². The third kappa shape index (κ3) is 1.64. The third-order valence-electron chi connectivity index (χ3n) is 5.63. The molecule has 0 aliphatic carbocycles. The van der Waals surface area contributed by atoms with E-state index in [2.05, 4.69) is 10.1 Å². The fourth-order valence-corrected chi connectivity index (χ4v) is 4.09. The average Bonchev–Trinajstić information content (AvgIpc) is 3.04. The predicted octanol–water partition coefficient (Wildman–Crippen LogP) is 1.41. The second-order valence-corrected chi connectivity index (χ2v) is 6.86. The van der Waals surface area contributed by atoms with Gasteiger partial charge in [0.25, 0.3) is 0 Å². The molecule has 23 heavy (non-hydrogen) atoms. The van der Waals surface area contributed by atoms with Gasteiger partial charge in [-0.05, 0) is 32.9 Å². The van der Waals surface area contributed by atoms with Gasteiger partial charge in [-0.3, -0.25) is 14.5 Å². The Morgan fingerprint density at radius 3 is 2.43 bits per heavy atom.